The standard InChI is InChI=1S/C9H9ClN4O/c1-5-3-9-12-8(11-6(2)15)4-7(10)14(9)13-5/h3-4H,1-2H3,(H,11,12,15). The second-order valence-corrected chi connectivity index (χ2v) is 3.59. The van der Waals surface area contributed by atoms with Crippen molar-refractivity contribution in [1.29, 1.82) is 0 Å². The molecule has 0 atom stereocenters. The van der Waals surface area contributed by atoms with Gasteiger partial charge in [0.15, 0.2) is 5.65 Å². The van der Waals surface area contributed by atoms with Crippen LogP contribution in [0, 0.1) is 6.92 Å². The number of anilines is 1. The van der Waals surface area contributed by atoms with E-state index in [1.165, 1.54) is 11.4 Å². The monoisotopic (exact) mass is 224 g/mol. The lowest BCUT2D eigenvalue weighted by Gasteiger charge is -2.02. The zero-order valence-corrected chi connectivity index (χ0v) is 9.04. The third-order valence-corrected chi connectivity index (χ3v) is 2.08. The Morgan fingerprint density at radius 3 is 2.93 bits per heavy atom. The number of hydrogen-bond acceptors (Lipinski definition) is 3. The van der Waals surface area contributed by atoms with Gasteiger partial charge in [-0.2, -0.15) is 5.10 Å². The Kier molecular flexibility index (Phi) is 2.32. The van der Waals surface area contributed by atoms with Gasteiger partial charge >= 0.3 is 0 Å². The summed E-state index contributed by atoms with van der Waals surface area (Å²) in [4.78, 5) is 15.0. The Morgan fingerprint density at radius 1 is 1.53 bits per heavy atom. The Hall–Kier alpha value is -1.62. The molecule has 0 spiro atoms. The molecular weight excluding hydrogens is 216 g/mol. The van der Waals surface area contributed by atoms with Gasteiger partial charge in [-0.15, -0.1) is 0 Å². The van der Waals surface area contributed by atoms with Gasteiger partial charge in [-0.05, 0) is 6.92 Å². The summed E-state index contributed by atoms with van der Waals surface area (Å²) >= 11 is 5.97. The van der Waals surface area contributed by atoms with Crippen LogP contribution in [0.2, 0.25) is 5.15 Å². The maximum atomic E-state index is 10.8. The van der Waals surface area contributed by atoms with E-state index in [-0.39, 0.29) is 5.91 Å². The van der Waals surface area contributed by atoms with E-state index < -0.39 is 0 Å². The lowest BCUT2D eigenvalue weighted by molar-refractivity contribution is -0.114. The third-order valence-electron chi connectivity index (χ3n) is 1.81. The van der Waals surface area contributed by atoms with E-state index in [9.17, 15) is 4.79 Å². The molecule has 78 valence electrons. The molecule has 2 heterocycles. The molecule has 1 amide bonds. The predicted octanol–water partition coefficient (Wildman–Crippen LogP) is 1.65. The molecular formula is C9H9ClN4O. The van der Waals surface area contributed by atoms with Gasteiger partial charge < -0.3 is 5.32 Å². The summed E-state index contributed by atoms with van der Waals surface area (Å²) in [5.74, 6) is 0.249. The van der Waals surface area contributed by atoms with E-state index in [1.54, 1.807) is 12.1 Å². The number of rotatable bonds is 1. The number of nitrogens with one attached hydrogen (secondary N) is 1. The fraction of sp³-hybridized carbons (Fsp3) is 0.222. The van der Waals surface area contributed by atoms with E-state index in [0.717, 1.165) is 5.69 Å². The van der Waals surface area contributed by atoms with Crippen LogP contribution >= 0.6 is 11.6 Å². The first kappa shape index (κ1) is 9.92. The normalized spacial score (nSPS) is 10.6. The number of halogens is 1. The number of aromatic nitrogens is 3. The van der Waals surface area contributed by atoms with Crippen LogP contribution in [0.15, 0.2) is 12.1 Å². The second kappa shape index (κ2) is 3.51. The van der Waals surface area contributed by atoms with Crippen LogP contribution in [0.25, 0.3) is 5.65 Å². The first-order chi connectivity index (χ1) is 7.06. The smallest absolute Gasteiger partial charge is 0.222 e. The Balaban J connectivity index is 2.56. The highest BCUT2D eigenvalue weighted by molar-refractivity contribution is 6.30. The van der Waals surface area contributed by atoms with Gasteiger partial charge in [0.25, 0.3) is 0 Å². The fourth-order valence-corrected chi connectivity index (χ4v) is 1.52. The summed E-state index contributed by atoms with van der Waals surface area (Å²) in [5, 5.41) is 7.13. The second-order valence-electron chi connectivity index (χ2n) is 3.20. The van der Waals surface area contributed by atoms with Crippen molar-refractivity contribution >= 4 is 29.0 Å². The Bertz CT molecular complexity index is 534. The van der Waals surface area contributed by atoms with Crippen LogP contribution in [-0.4, -0.2) is 20.5 Å². The van der Waals surface area contributed by atoms with E-state index in [2.05, 4.69) is 15.4 Å². The maximum absolute atomic E-state index is 10.8. The Morgan fingerprint density at radius 2 is 2.27 bits per heavy atom. The van der Waals surface area contributed by atoms with E-state index in [4.69, 9.17) is 11.6 Å². The van der Waals surface area contributed by atoms with Gasteiger partial charge in [0, 0.05) is 19.1 Å². The number of hydrogen-bond donors (Lipinski definition) is 1. The average Bonchev–Trinajstić information content (AvgIpc) is 2.44. The molecule has 1 N–H and O–H groups in total. The van der Waals surface area contributed by atoms with Gasteiger partial charge in [0.05, 0.1) is 5.69 Å². The van der Waals surface area contributed by atoms with Crippen molar-refractivity contribution < 1.29 is 4.79 Å². The molecule has 2 aromatic rings. The molecule has 0 saturated heterocycles. The van der Waals surface area contributed by atoms with Gasteiger partial charge in [-0.1, -0.05) is 11.6 Å². The highest BCUT2D eigenvalue weighted by Gasteiger charge is 2.06. The van der Waals surface area contributed by atoms with Crippen molar-refractivity contribution in [3.63, 3.8) is 0 Å². The third kappa shape index (κ3) is 1.92. The van der Waals surface area contributed by atoms with Crippen LogP contribution in [0.3, 0.4) is 0 Å². The lowest BCUT2D eigenvalue weighted by Crippen LogP contribution is -2.08. The van der Waals surface area contributed by atoms with Crippen LogP contribution in [0.4, 0.5) is 5.82 Å². The van der Waals surface area contributed by atoms with Crippen molar-refractivity contribution in [2.24, 2.45) is 0 Å². The molecule has 6 heteroatoms. The zero-order valence-electron chi connectivity index (χ0n) is 8.28. The van der Waals surface area contributed by atoms with E-state index in [1.807, 2.05) is 6.92 Å². The molecule has 0 radical (unpaired) electrons. The maximum Gasteiger partial charge on any atom is 0.222 e. The average molecular weight is 225 g/mol. The van der Waals surface area contributed by atoms with Crippen molar-refractivity contribution in [1.82, 2.24) is 14.6 Å². The van der Waals surface area contributed by atoms with Crippen LogP contribution < -0.4 is 5.32 Å². The molecule has 0 unspecified atom stereocenters. The summed E-state index contributed by atoms with van der Waals surface area (Å²) in [5.41, 5.74) is 1.44. The number of amides is 1. The molecule has 0 bridgehead atoms. The van der Waals surface area contributed by atoms with Gasteiger partial charge in [-0.25, -0.2) is 9.50 Å². The quantitative estimate of drug-likeness (QED) is 0.750. The summed E-state index contributed by atoms with van der Waals surface area (Å²) in [7, 11) is 0. The predicted molar refractivity (Wildman–Crippen MR) is 57.0 cm³/mol. The molecule has 15 heavy (non-hydrogen) atoms. The lowest BCUT2D eigenvalue weighted by atomic mass is 10.5. The first-order valence-electron chi connectivity index (χ1n) is 4.37. The van der Waals surface area contributed by atoms with E-state index >= 15 is 0 Å². The summed E-state index contributed by atoms with van der Waals surface area (Å²) < 4.78 is 1.52. The minimum Gasteiger partial charge on any atom is -0.311 e. The zero-order chi connectivity index (χ0) is 11.0. The molecule has 0 saturated carbocycles. The number of aryl methyl sites for hydroxylation is 1. The molecule has 2 aromatic heterocycles. The summed E-state index contributed by atoms with van der Waals surface area (Å²) in [6, 6.07) is 3.35. The molecule has 0 aromatic carbocycles. The highest BCUT2D eigenvalue weighted by Crippen LogP contribution is 2.16. The molecule has 5 nitrogen and oxygen atoms in total. The first-order valence-corrected chi connectivity index (χ1v) is 4.74. The molecule has 0 fully saturated rings. The molecule has 0 aliphatic carbocycles. The SMILES string of the molecule is CC(=O)Nc1cc(Cl)n2nc(C)cc2n1. The highest BCUT2D eigenvalue weighted by atomic mass is 35.5. The number of fused-ring (bicyclic) bond motifs is 1. The van der Waals surface area contributed by atoms with Gasteiger partial charge in [0.2, 0.25) is 5.91 Å². The number of carbonyl (C=O) groups is 1. The van der Waals surface area contributed by atoms with Gasteiger partial charge in [-0.3, -0.25) is 4.79 Å². The number of nitrogens with zero attached hydrogens (tertiary/aromatic N) is 3. The number of carbonyl (C=O) groups excluding carboxylic acids is 1. The van der Waals surface area contributed by atoms with Crippen LogP contribution in [0.5, 0.6) is 0 Å². The summed E-state index contributed by atoms with van der Waals surface area (Å²) in [6.07, 6.45) is 0. The molecule has 0 aliphatic rings. The van der Waals surface area contributed by atoms with E-state index in [0.29, 0.717) is 16.6 Å². The van der Waals surface area contributed by atoms with Crippen molar-refractivity contribution in [2.75, 3.05) is 5.32 Å². The largest absolute Gasteiger partial charge is 0.311 e. The minimum absolute atomic E-state index is 0.181. The minimum atomic E-state index is -0.181. The van der Waals surface area contributed by atoms with Gasteiger partial charge in [0.1, 0.15) is 11.0 Å². The van der Waals surface area contributed by atoms with Crippen molar-refractivity contribution in [2.45, 2.75) is 13.8 Å². The van der Waals surface area contributed by atoms with Crippen LogP contribution in [-0.2, 0) is 4.79 Å². The van der Waals surface area contributed by atoms with Crippen LogP contribution in [0.1, 0.15) is 12.6 Å². The fourth-order valence-electron chi connectivity index (χ4n) is 1.30. The topological polar surface area (TPSA) is 59.3 Å². The molecule has 0 aliphatic heterocycles. The summed E-state index contributed by atoms with van der Waals surface area (Å²) in [6.45, 7) is 3.27. The van der Waals surface area contributed by atoms with Crippen molar-refractivity contribution in [3.8, 4) is 0 Å². The Labute approximate surface area is 91.1 Å². The molecule has 2 rings (SSSR count). The van der Waals surface area contributed by atoms with Crippen molar-refractivity contribution in [3.05, 3.63) is 23.0 Å².